The van der Waals surface area contributed by atoms with Gasteiger partial charge in [-0.3, -0.25) is 14.4 Å². The van der Waals surface area contributed by atoms with Crippen LogP contribution in [0.2, 0.25) is 0 Å². The standard InChI is InChI=1S/C24H34N4O3/c1-16(29)27-21(12-18-14-25-20-10-6-5-9-19(18)20)22(30)28-11-7-8-17(15-28)13-26-23(31)24(2,3)4/h5-6,9-10,14,17,21,25H,7-8,11-13,15H2,1-4H3,(H,26,31)(H,27,29). The lowest BCUT2D eigenvalue weighted by Gasteiger charge is -2.35. The first-order valence-corrected chi connectivity index (χ1v) is 11.0. The summed E-state index contributed by atoms with van der Waals surface area (Å²) in [5, 5.41) is 6.93. The second-order valence-electron chi connectivity index (χ2n) is 9.57. The number of piperidine rings is 1. The van der Waals surface area contributed by atoms with Crippen molar-refractivity contribution < 1.29 is 14.4 Å². The molecule has 2 atom stereocenters. The van der Waals surface area contributed by atoms with E-state index in [1.165, 1.54) is 6.92 Å². The van der Waals surface area contributed by atoms with E-state index in [0.717, 1.165) is 29.3 Å². The van der Waals surface area contributed by atoms with Gasteiger partial charge in [-0.05, 0) is 30.4 Å². The Bertz CT molecular complexity index is 944. The monoisotopic (exact) mass is 426 g/mol. The molecular formula is C24H34N4O3. The molecule has 0 bridgehead atoms. The van der Waals surface area contributed by atoms with Crippen LogP contribution in [0.5, 0.6) is 0 Å². The predicted molar refractivity (Wildman–Crippen MR) is 121 cm³/mol. The molecule has 0 aliphatic carbocycles. The van der Waals surface area contributed by atoms with Crippen LogP contribution in [0.25, 0.3) is 10.9 Å². The summed E-state index contributed by atoms with van der Waals surface area (Å²) in [7, 11) is 0. The largest absolute Gasteiger partial charge is 0.361 e. The molecule has 1 aromatic heterocycles. The maximum atomic E-state index is 13.4. The van der Waals surface area contributed by atoms with Gasteiger partial charge < -0.3 is 20.5 Å². The molecule has 168 valence electrons. The van der Waals surface area contributed by atoms with Gasteiger partial charge in [0, 0.05) is 55.5 Å². The van der Waals surface area contributed by atoms with Gasteiger partial charge in [0.1, 0.15) is 6.04 Å². The number of likely N-dealkylation sites (tertiary alicyclic amines) is 1. The Kier molecular flexibility index (Phi) is 7.03. The molecule has 2 heterocycles. The number of benzene rings is 1. The maximum Gasteiger partial charge on any atom is 0.245 e. The van der Waals surface area contributed by atoms with Crippen molar-refractivity contribution in [2.45, 2.75) is 53.0 Å². The molecule has 31 heavy (non-hydrogen) atoms. The van der Waals surface area contributed by atoms with E-state index in [2.05, 4.69) is 15.6 Å². The van der Waals surface area contributed by atoms with E-state index in [-0.39, 0.29) is 23.6 Å². The molecule has 2 aromatic rings. The summed E-state index contributed by atoms with van der Waals surface area (Å²) in [4.78, 5) is 42.5. The molecule has 3 N–H and O–H groups in total. The number of carbonyl (C=O) groups is 3. The molecule has 0 spiro atoms. The lowest BCUT2D eigenvalue weighted by Crippen LogP contribution is -2.53. The Morgan fingerprint density at radius 1 is 1.23 bits per heavy atom. The molecule has 2 unspecified atom stereocenters. The number of nitrogens with zero attached hydrogens (tertiary/aromatic N) is 1. The van der Waals surface area contributed by atoms with Gasteiger partial charge in [-0.25, -0.2) is 0 Å². The highest BCUT2D eigenvalue weighted by molar-refractivity contribution is 5.89. The summed E-state index contributed by atoms with van der Waals surface area (Å²) < 4.78 is 0. The van der Waals surface area contributed by atoms with E-state index in [1.807, 2.05) is 56.1 Å². The normalized spacial score (nSPS) is 17.9. The highest BCUT2D eigenvalue weighted by Gasteiger charge is 2.31. The minimum atomic E-state index is -0.611. The van der Waals surface area contributed by atoms with Gasteiger partial charge in [0.15, 0.2) is 0 Å². The van der Waals surface area contributed by atoms with Gasteiger partial charge in [-0.2, -0.15) is 0 Å². The Labute approximate surface area is 183 Å². The highest BCUT2D eigenvalue weighted by Crippen LogP contribution is 2.22. The van der Waals surface area contributed by atoms with Crippen LogP contribution in [0.4, 0.5) is 0 Å². The minimum absolute atomic E-state index is 0.0198. The third-order valence-electron chi connectivity index (χ3n) is 5.84. The first-order valence-electron chi connectivity index (χ1n) is 11.0. The summed E-state index contributed by atoms with van der Waals surface area (Å²) in [5.74, 6) is -0.0435. The topological polar surface area (TPSA) is 94.3 Å². The van der Waals surface area contributed by atoms with E-state index in [0.29, 0.717) is 26.1 Å². The number of hydrogen-bond acceptors (Lipinski definition) is 3. The van der Waals surface area contributed by atoms with Gasteiger partial charge in [-0.15, -0.1) is 0 Å². The van der Waals surface area contributed by atoms with Crippen molar-refractivity contribution in [2.75, 3.05) is 19.6 Å². The van der Waals surface area contributed by atoms with Crippen molar-refractivity contribution in [2.24, 2.45) is 11.3 Å². The molecule has 0 saturated carbocycles. The molecule has 3 rings (SSSR count). The molecule has 3 amide bonds. The fourth-order valence-electron chi connectivity index (χ4n) is 4.12. The summed E-state index contributed by atoms with van der Waals surface area (Å²) in [6.07, 6.45) is 4.21. The number of hydrogen-bond donors (Lipinski definition) is 3. The fourth-order valence-corrected chi connectivity index (χ4v) is 4.12. The van der Waals surface area contributed by atoms with Crippen LogP contribution < -0.4 is 10.6 Å². The smallest absolute Gasteiger partial charge is 0.245 e. The third kappa shape index (κ3) is 5.87. The molecule has 7 nitrogen and oxygen atoms in total. The van der Waals surface area contributed by atoms with E-state index < -0.39 is 11.5 Å². The van der Waals surface area contributed by atoms with Crippen molar-refractivity contribution in [3.05, 3.63) is 36.0 Å². The predicted octanol–water partition coefficient (Wildman–Crippen LogP) is 2.62. The van der Waals surface area contributed by atoms with E-state index >= 15 is 0 Å². The maximum absolute atomic E-state index is 13.4. The second kappa shape index (κ2) is 9.54. The Hall–Kier alpha value is -2.83. The van der Waals surface area contributed by atoms with Crippen LogP contribution in [-0.4, -0.2) is 53.3 Å². The number of nitrogens with one attached hydrogen (secondary N) is 3. The van der Waals surface area contributed by atoms with Crippen LogP contribution >= 0.6 is 0 Å². The van der Waals surface area contributed by atoms with Crippen LogP contribution in [-0.2, 0) is 20.8 Å². The van der Waals surface area contributed by atoms with Crippen molar-refractivity contribution in [3.8, 4) is 0 Å². The summed E-state index contributed by atoms with van der Waals surface area (Å²) in [6.45, 7) is 8.94. The van der Waals surface area contributed by atoms with E-state index in [9.17, 15) is 14.4 Å². The van der Waals surface area contributed by atoms with Crippen molar-refractivity contribution in [1.29, 1.82) is 0 Å². The quantitative estimate of drug-likeness (QED) is 0.663. The number of H-pyrrole nitrogens is 1. The van der Waals surface area contributed by atoms with Crippen LogP contribution in [0.15, 0.2) is 30.5 Å². The summed E-state index contributed by atoms with van der Waals surface area (Å²) in [5.41, 5.74) is 1.59. The molecule has 1 aromatic carbocycles. The number of amides is 3. The first-order chi connectivity index (χ1) is 14.6. The average Bonchev–Trinajstić information content (AvgIpc) is 3.13. The molecular weight excluding hydrogens is 392 g/mol. The van der Waals surface area contributed by atoms with Crippen LogP contribution in [0.3, 0.4) is 0 Å². The zero-order valence-corrected chi connectivity index (χ0v) is 19.0. The van der Waals surface area contributed by atoms with Gasteiger partial charge in [0.2, 0.25) is 17.7 Å². The summed E-state index contributed by atoms with van der Waals surface area (Å²) >= 11 is 0. The average molecular weight is 427 g/mol. The lowest BCUT2D eigenvalue weighted by atomic mass is 9.93. The lowest BCUT2D eigenvalue weighted by molar-refractivity contribution is -0.137. The summed E-state index contributed by atoms with van der Waals surface area (Å²) in [6, 6.07) is 7.33. The number of fused-ring (bicyclic) bond motifs is 1. The third-order valence-corrected chi connectivity index (χ3v) is 5.84. The van der Waals surface area contributed by atoms with Gasteiger partial charge in [0.25, 0.3) is 0 Å². The molecule has 1 aliphatic rings. The number of aromatic amines is 1. The number of aromatic nitrogens is 1. The number of rotatable bonds is 6. The second-order valence-corrected chi connectivity index (χ2v) is 9.57. The Balaban J connectivity index is 1.67. The number of carbonyl (C=O) groups excluding carboxylic acids is 3. The molecule has 1 fully saturated rings. The molecule has 7 heteroatoms. The Morgan fingerprint density at radius 2 is 1.97 bits per heavy atom. The van der Waals surface area contributed by atoms with Gasteiger partial charge in [0.05, 0.1) is 0 Å². The molecule has 1 aliphatic heterocycles. The molecule has 0 radical (unpaired) electrons. The van der Waals surface area contributed by atoms with Gasteiger partial charge >= 0.3 is 0 Å². The fraction of sp³-hybridized carbons (Fsp3) is 0.542. The van der Waals surface area contributed by atoms with Crippen molar-refractivity contribution in [3.63, 3.8) is 0 Å². The first kappa shape index (κ1) is 22.8. The van der Waals surface area contributed by atoms with Crippen LogP contribution in [0, 0.1) is 11.3 Å². The zero-order chi connectivity index (χ0) is 22.6. The molecule has 1 saturated heterocycles. The van der Waals surface area contributed by atoms with E-state index in [4.69, 9.17) is 0 Å². The zero-order valence-electron chi connectivity index (χ0n) is 19.0. The van der Waals surface area contributed by atoms with Crippen molar-refractivity contribution >= 4 is 28.6 Å². The Morgan fingerprint density at radius 3 is 2.68 bits per heavy atom. The van der Waals surface area contributed by atoms with E-state index in [1.54, 1.807) is 0 Å². The van der Waals surface area contributed by atoms with Gasteiger partial charge in [-0.1, -0.05) is 39.0 Å². The minimum Gasteiger partial charge on any atom is -0.361 e. The SMILES string of the molecule is CC(=O)NC(Cc1c[nH]c2ccccc12)C(=O)N1CCCC(CNC(=O)C(C)(C)C)C1. The van der Waals surface area contributed by atoms with Crippen LogP contribution in [0.1, 0.15) is 46.1 Å². The highest BCUT2D eigenvalue weighted by atomic mass is 16.2. The number of para-hydroxylation sites is 1. The van der Waals surface area contributed by atoms with Crippen molar-refractivity contribution in [1.82, 2.24) is 20.5 Å².